The van der Waals surface area contributed by atoms with Gasteiger partial charge in [0.25, 0.3) is 0 Å². The van der Waals surface area contributed by atoms with Crippen molar-refractivity contribution in [2.24, 2.45) is 0 Å². The van der Waals surface area contributed by atoms with E-state index in [2.05, 4.69) is 67.7 Å². The molecule has 1 aliphatic rings. The van der Waals surface area contributed by atoms with Crippen molar-refractivity contribution >= 4 is 22.2 Å². The predicted octanol–water partition coefficient (Wildman–Crippen LogP) is 5.55. The molecule has 124 valence electrons. The highest BCUT2D eigenvalue weighted by molar-refractivity contribution is 6.87. The maximum atomic E-state index is 12.9. The minimum Gasteiger partial charge on any atom is -0.407 e. The summed E-state index contributed by atoms with van der Waals surface area (Å²) >= 11 is 0. The number of carbonyl (C=O) groups excluding carboxylic acids is 1. The van der Waals surface area contributed by atoms with Crippen LogP contribution in [0.4, 0.5) is 0 Å². The highest BCUT2D eigenvalue weighted by Crippen LogP contribution is 2.52. The first-order chi connectivity index (χ1) is 9.08. The van der Waals surface area contributed by atoms with E-state index in [1.807, 2.05) is 0 Å². The number of hydrogen-bond acceptors (Lipinski definition) is 2. The van der Waals surface area contributed by atoms with Gasteiger partial charge in [0.15, 0.2) is 14.1 Å². The molecule has 1 saturated carbocycles. The highest BCUT2D eigenvalue weighted by atomic mass is 28.4. The summed E-state index contributed by atoms with van der Waals surface area (Å²) < 4.78 is 6.91. The van der Waals surface area contributed by atoms with Gasteiger partial charge in [-0.05, 0) is 36.0 Å². The van der Waals surface area contributed by atoms with Gasteiger partial charge in [-0.25, -0.2) is 0 Å². The zero-order valence-electron chi connectivity index (χ0n) is 15.9. The highest BCUT2D eigenvalue weighted by Gasteiger charge is 2.62. The number of Topliss-reactive ketones (excluding diaryl/α,β-unsaturated/α-hetero) is 1. The van der Waals surface area contributed by atoms with Gasteiger partial charge in [0.2, 0.25) is 0 Å². The minimum absolute atomic E-state index is 0.144. The molecule has 21 heavy (non-hydrogen) atoms. The van der Waals surface area contributed by atoms with Crippen molar-refractivity contribution < 1.29 is 9.22 Å². The topological polar surface area (TPSA) is 26.3 Å². The van der Waals surface area contributed by atoms with Crippen molar-refractivity contribution in [2.45, 2.75) is 102 Å². The van der Waals surface area contributed by atoms with Crippen molar-refractivity contribution in [3.63, 3.8) is 0 Å². The van der Waals surface area contributed by atoms with Gasteiger partial charge in [-0.15, -0.1) is 0 Å². The van der Waals surface area contributed by atoms with Crippen molar-refractivity contribution in [3.8, 4) is 0 Å². The van der Waals surface area contributed by atoms with Crippen molar-refractivity contribution in [1.29, 1.82) is 0 Å². The van der Waals surface area contributed by atoms with Crippen LogP contribution in [0.25, 0.3) is 0 Å². The Hall–Kier alpha value is 0.0638. The van der Waals surface area contributed by atoms with Gasteiger partial charge < -0.3 is 4.43 Å². The Kier molecular flexibility index (Phi) is 4.83. The lowest BCUT2D eigenvalue weighted by molar-refractivity contribution is -0.126. The number of ketones is 1. The fraction of sp³-hybridized carbons (Fsp3) is 0.941. The maximum Gasteiger partial charge on any atom is 0.193 e. The number of rotatable bonds is 3. The lowest BCUT2D eigenvalue weighted by Crippen LogP contribution is -2.67. The first kappa shape index (κ1) is 19.1. The fourth-order valence-electron chi connectivity index (χ4n) is 2.93. The third-order valence-electron chi connectivity index (χ3n) is 6.50. The molecule has 0 heterocycles. The van der Waals surface area contributed by atoms with E-state index in [9.17, 15) is 4.79 Å². The maximum absolute atomic E-state index is 12.9. The van der Waals surface area contributed by atoms with Crippen molar-refractivity contribution in [3.05, 3.63) is 0 Å². The molecular formula is C17H36O2Si2. The first-order valence-electron chi connectivity index (χ1n) is 8.32. The van der Waals surface area contributed by atoms with Crippen LogP contribution in [0, 0.1) is 0 Å². The molecule has 0 saturated heterocycles. The van der Waals surface area contributed by atoms with E-state index in [-0.39, 0.29) is 10.1 Å². The third kappa shape index (κ3) is 3.09. The molecular weight excluding hydrogens is 292 g/mol. The molecule has 1 fully saturated rings. The van der Waals surface area contributed by atoms with Crippen molar-refractivity contribution in [1.82, 2.24) is 0 Å². The summed E-state index contributed by atoms with van der Waals surface area (Å²) in [7, 11) is -3.87. The molecule has 2 nitrogen and oxygen atoms in total. The Morgan fingerprint density at radius 3 is 1.71 bits per heavy atom. The van der Waals surface area contributed by atoms with Gasteiger partial charge in [0.05, 0.1) is 8.07 Å². The summed E-state index contributed by atoms with van der Waals surface area (Å²) in [4.78, 5) is 12.9. The van der Waals surface area contributed by atoms with E-state index in [4.69, 9.17) is 4.43 Å². The Labute approximate surface area is 134 Å². The van der Waals surface area contributed by atoms with E-state index in [0.29, 0.717) is 12.2 Å². The smallest absolute Gasteiger partial charge is 0.193 e. The SMILES string of the molecule is CC(C)(C)[Si](C)(C)OC1([Si](C)(C)C(C)(C)C)CCCC1=O. The second-order valence-corrected chi connectivity index (χ2v) is 20.1. The van der Waals surface area contributed by atoms with Crippen molar-refractivity contribution in [2.75, 3.05) is 0 Å². The van der Waals surface area contributed by atoms with Gasteiger partial charge in [-0.3, -0.25) is 4.79 Å². The summed E-state index contributed by atoms with van der Waals surface area (Å²) in [6, 6.07) is 0. The van der Waals surface area contributed by atoms with E-state index in [1.54, 1.807) is 0 Å². The van der Waals surface area contributed by atoms with Gasteiger partial charge in [0, 0.05) is 6.42 Å². The van der Waals surface area contributed by atoms with Gasteiger partial charge in [0.1, 0.15) is 5.22 Å². The molecule has 0 amide bonds. The molecule has 0 radical (unpaired) electrons. The molecule has 1 aliphatic carbocycles. The standard InChI is InChI=1S/C17H36O2Si2/c1-15(2,3)20(7,8)17(13-11-12-14(17)18)19-21(9,10)16(4,5)6/h11-13H2,1-10H3. The third-order valence-corrected chi connectivity index (χ3v) is 17.6. The van der Waals surface area contributed by atoms with Crippen LogP contribution in [0.3, 0.4) is 0 Å². The zero-order valence-corrected chi connectivity index (χ0v) is 17.9. The van der Waals surface area contributed by atoms with Crippen LogP contribution in [0.2, 0.25) is 36.3 Å². The monoisotopic (exact) mass is 328 g/mol. The van der Waals surface area contributed by atoms with Gasteiger partial charge >= 0.3 is 0 Å². The molecule has 0 aromatic heterocycles. The fourth-order valence-corrected chi connectivity index (χ4v) is 8.94. The van der Waals surface area contributed by atoms with Crippen LogP contribution in [0.5, 0.6) is 0 Å². The zero-order chi connectivity index (χ0) is 16.9. The summed E-state index contributed by atoms with van der Waals surface area (Å²) in [6.45, 7) is 23.0. The number of hydrogen-bond donors (Lipinski definition) is 0. The predicted molar refractivity (Wildman–Crippen MR) is 97.1 cm³/mol. The van der Waals surface area contributed by atoms with Crippen LogP contribution in [0.1, 0.15) is 60.8 Å². The second kappa shape index (κ2) is 5.31. The van der Waals surface area contributed by atoms with Crippen LogP contribution >= 0.6 is 0 Å². The number of carbonyl (C=O) groups is 1. The van der Waals surface area contributed by atoms with E-state index < -0.39 is 21.6 Å². The summed E-state index contributed by atoms with van der Waals surface area (Å²) in [5.41, 5.74) is 0. The molecule has 0 aliphatic heterocycles. The Morgan fingerprint density at radius 2 is 1.43 bits per heavy atom. The molecule has 1 unspecified atom stereocenters. The molecule has 0 aromatic rings. The quantitative estimate of drug-likeness (QED) is 0.635. The molecule has 0 bridgehead atoms. The average molecular weight is 329 g/mol. The average Bonchev–Trinajstić information content (AvgIpc) is 2.57. The molecule has 0 aromatic carbocycles. The van der Waals surface area contributed by atoms with Gasteiger partial charge in [-0.2, -0.15) is 0 Å². The lowest BCUT2D eigenvalue weighted by atomic mass is 10.2. The summed E-state index contributed by atoms with van der Waals surface area (Å²) in [5.74, 6) is 0.388. The summed E-state index contributed by atoms with van der Waals surface area (Å²) in [6.07, 6.45) is 2.65. The first-order valence-corrected chi connectivity index (χ1v) is 14.2. The Morgan fingerprint density at radius 1 is 0.952 bits per heavy atom. The Balaban J connectivity index is 3.36. The van der Waals surface area contributed by atoms with Crippen LogP contribution in [-0.2, 0) is 9.22 Å². The lowest BCUT2D eigenvalue weighted by Gasteiger charge is -2.54. The van der Waals surface area contributed by atoms with Crippen LogP contribution in [-0.4, -0.2) is 27.4 Å². The summed E-state index contributed by atoms with van der Waals surface area (Å²) in [5, 5.41) is -0.158. The molecule has 1 atom stereocenters. The normalized spacial score (nSPS) is 25.5. The molecule has 0 spiro atoms. The van der Waals surface area contributed by atoms with Crippen LogP contribution in [0.15, 0.2) is 0 Å². The van der Waals surface area contributed by atoms with Gasteiger partial charge in [-0.1, -0.05) is 54.6 Å². The second-order valence-electron chi connectivity index (χ2n) is 9.84. The van der Waals surface area contributed by atoms with E-state index in [0.717, 1.165) is 12.8 Å². The minimum atomic E-state index is -1.96. The molecule has 1 rings (SSSR count). The van der Waals surface area contributed by atoms with E-state index in [1.165, 1.54) is 0 Å². The molecule has 0 N–H and O–H groups in total. The van der Waals surface area contributed by atoms with Crippen LogP contribution < -0.4 is 0 Å². The van der Waals surface area contributed by atoms with E-state index >= 15 is 0 Å². The largest absolute Gasteiger partial charge is 0.407 e. The Bertz CT molecular complexity index is 413. The molecule has 4 heteroatoms.